The van der Waals surface area contributed by atoms with Crippen LogP contribution in [-0.2, 0) is 14.3 Å². The van der Waals surface area contributed by atoms with E-state index in [2.05, 4.69) is 5.32 Å². The molecule has 0 saturated heterocycles. The fourth-order valence-corrected chi connectivity index (χ4v) is 2.24. The highest BCUT2D eigenvalue weighted by Gasteiger charge is 2.10. The molecule has 0 saturated carbocycles. The van der Waals surface area contributed by atoms with E-state index in [1.807, 2.05) is 13.0 Å². The number of nitrogens with one attached hydrogen (secondary N) is 1. The molecule has 2 aromatic rings. The number of esters is 1. The first-order valence-corrected chi connectivity index (χ1v) is 8.06. The smallest absolute Gasteiger partial charge is 0.331 e. The van der Waals surface area contributed by atoms with Gasteiger partial charge >= 0.3 is 5.97 Å². The summed E-state index contributed by atoms with van der Waals surface area (Å²) in [5.74, 6) is -1.16. The summed E-state index contributed by atoms with van der Waals surface area (Å²) in [4.78, 5) is 23.7. The van der Waals surface area contributed by atoms with Gasteiger partial charge in [-0.15, -0.1) is 0 Å². The average Bonchev–Trinajstić information content (AvgIpc) is 2.65. The van der Waals surface area contributed by atoms with Crippen molar-refractivity contribution in [2.24, 2.45) is 0 Å². The van der Waals surface area contributed by atoms with Crippen LogP contribution in [0.4, 0.5) is 10.1 Å². The maximum Gasteiger partial charge on any atom is 0.331 e. The molecule has 0 radical (unpaired) electrons. The number of carbonyl (C=O) groups excluding carboxylic acids is 2. The highest BCUT2D eigenvalue weighted by molar-refractivity contribution is 5.95. The Morgan fingerprint density at radius 3 is 2.44 bits per heavy atom. The molecular formula is C20H20FNO5. The predicted molar refractivity (Wildman–Crippen MR) is 99.3 cm³/mol. The summed E-state index contributed by atoms with van der Waals surface area (Å²) in [5, 5.41) is 2.62. The standard InChI is InChI=1S/C20H20FNO5/c1-13-4-7-18(26-3)16(10-13)22-19(23)12-27-20(24)9-6-14-5-8-17(25-2)15(21)11-14/h4-11H,12H2,1-3H3,(H,22,23)/b9-6+. The fourth-order valence-electron chi connectivity index (χ4n) is 2.24. The molecule has 2 aromatic carbocycles. The Bertz CT molecular complexity index is 863. The van der Waals surface area contributed by atoms with Gasteiger partial charge < -0.3 is 19.5 Å². The van der Waals surface area contributed by atoms with Crippen LogP contribution in [0.1, 0.15) is 11.1 Å². The number of aryl methyl sites for hydroxylation is 1. The van der Waals surface area contributed by atoms with Gasteiger partial charge in [0.05, 0.1) is 19.9 Å². The second kappa shape index (κ2) is 9.38. The molecule has 27 heavy (non-hydrogen) atoms. The number of hydrogen-bond donors (Lipinski definition) is 1. The number of amides is 1. The summed E-state index contributed by atoms with van der Waals surface area (Å²) in [5.41, 5.74) is 1.89. The summed E-state index contributed by atoms with van der Waals surface area (Å²) >= 11 is 0. The van der Waals surface area contributed by atoms with Gasteiger partial charge in [-0.2, -0.15) is 0 Å². The molecule has 6 nitrogen and oxygen atoms in total. The zero-order chi connectivity index (χ0) is 19.8. The quantitative estimate of drug-likeness (QED) is 0.595. The first kappa shape index (κ1) is 20.0. The number of anilines is 1. The lowest BCUT2D eigenvalue weighted by molar-refractivity contribution is -0.142. The van der Waals surface area contributed by atoms with Crippen molar-refractivity contribution in [1.82, 2.24) is 0 Å². The zero-order valence-corrected chi connectivity index (χ0v) is 15.2. The first-order valence-electron chi connectivity index (χ1n) is 8.06. The van der Waals surface area contributed by atoms with E-state index < -0.39 is 24.3 Å². The van der Waals surface area contributed by atoms with E-state index in [-0.39, 0.29) is 5.75 Å². The largest absolute Gasteiger partial charge is 0.495 e. The van der Waals surface area contributed by atoms with Gasteiger partial charge in [0.1, 0.15) is 5.75 Å². The van der Waals surface area contributed by atoms with Crippen molar-refractivity contribution in [1.29, 1.82) is 0 Å². The van der Waals surface area contributed by atoms with Crippen LogP contribution in [0.15, 0.2) is 42.5 Å². The molecule has 0 atom stereocenters. The number of rotatable bonds is 7. The number of hydrogen-bond acceptors (Lipinski definition) is 5. The Morgan fingerprint density at radius 1 is 1.07 bits per heavy atom. The zero-order valence-electron chi connectivity index (χ0n) is 15.2. The van der Waals surface area contributed by atoms with Crippen molar-refractivity contribution in [3.05, 3.63) is 59.4 Å². The molecule has 0 bridgehead atoms. The maximum atomic E-state index is 13.6. The Balaban J connectivity index is 1.89. The minimum Gasteiger partial charge on any atom is -0.495 e. The van der Waals surface area contributed by atoms with Crippen LogP contribution in [0.3, 0.4) is 0 Å². The van der Waals surface area contributed by atoms with Crippen molar-refractivity contribution in [3.63, 3.8) is 0 Å². The molecule has 0 unspecified atom stereocenters. The molecule has 0 aliphatic carbocycles. The van der Waals surface area contributed by atoms with E-state index in [0.717, 1.165) is 11.6 Å². The van der Waals surface area contributed by atoms with Crippen LogP contribution in [0.5, 0.6) is 11.5 Å². The van der Waals surface area contributed by atoms with Gasteiger partial charge in [0.25, 0.3) is 5.91 Å². The van der Waals surface area contributed by atoms with Crippen molar-refractivity contribution < 1.29 is 28.2 Å². The third kappa shape index (κ3) is 5.85. The molecule has 0 spiro atoms. The third-order valence-electron chi connectivity index (χ3n) is 3.56. The van der Waals surface area contributed by atoms with E-state index in [1.54, 1.807) is 18.2 Å². The molecule has 142 valence electrons. The van der Waals surface area contributed by atoms with E-state index in [0.29, 0.717) is 17.0 Å². The lowest BCUT2D eigenvalue weighted by atomic mass is 10.2. The van der Waals surface area contributed by atoms with Gasteiger partial charge in [-0.3, -0.25) is 4.79 Å². The molecule has 0 aliphatic heterocycles. The van der Waals surface area contributed by atoms with E-state index in [1.165, 1.54) is 32.4 Å². The van der Waals surface area contributed by atoms with Crippen LogP contribution in [0.2, 0.25) is 0 Å². The minimum absolute atomic E-state index is 0.109. The average molecular weight is 373 g/mol. The Labute approximate surface area is 156 Å². The molecule has 0 aliphatic rings. The maximum absolute atomic E-state index is 13.6. The second-order valence-electron chi connectivity index (χ2n) is 5.59. The molecule has 0 heterocycles. The number of benzene rings is 2. The number of methoxy groups -OCH3 is 2. The number of halogens is 1. The topological polar surface area (TPSA) is 73.9 Å². The lowest BCUT2D eigenvalue weighted by Gasteiger charge is -2.10. The second-order valence-corrected chi connectivity index (χ2v) is 5.59. The SMILES string of the molecule is COc1ccc(/C=C/C(=O)OCC(=O)Nc2cc(C)ccc2OC)cc1F. The van der Waals surface area contributed by atoms with E-state index in [9.17, 15) is 14.0 Å². The van der Waals surface area contributed by atoms with Gasteiger partial charge in [-0.1, -0.05) is 12.1 Å². The summed E-state index contributed by atoms with van der Waals surface area (Å²) < 4.78 is 28.5. The highest BCUT2D eigenvalue weighted by atomic mass is 19.1. The van der Waals surface area contributed by atoms with Crippen LogP contribution in [0.25, 0.3) is 6.08 Å². The molecule has 1 amide bonds. The lowest BCUT2D eigenvalue weighted by Crippen LogP contribution is -2.20. The molecule has 0 aromatic heterocycles. The van der Waals surface area contributed by atoms with Crippen LogP contribution in [-0.4, -0.2) is 32.7 Å². The first-order chi connectivity index (χ1) is 12.9. The Kier molecular flexibility index (Phi) is 6.93. The Morgan fingerprint density at radius 2 is 1.78 bits per heavy atom. The van der Waals surface area contributed by atoms with Crippen molar-refractivity contribution in [2.45, 2.75) is 6.92 Å². The van der Waals surface area contributed by atoms with E-state index in [4.69, 9.17) is 14.2 Å². The van der Waals surface area contributed by atoms with Gasteiger partial charge in [0.2, 0.25) is 0 Å². The van der Waals surface area contributed by atoms with Crippen molar-refractivity contribution in [2.75, 3.05) is 26.1 Å². The monoisotopic (exact) mass is 373 g/mol. The molecule has 2 rings (SSSR count). The van der Waals surface area contributed by atoms with Crippen molar-refractivity contribution in [3.8, 4) is 11.5 Å². The van der Waals surface area contributed by atoms with Gasteiger partial charge in [-0.25, -0.2) is 9.18 Å². The van der Waals surface area contributed by atoms with Gasteiger partial charge in [0.15, 0.2) is 18.2 Å². The molecule has 0 fully saturated rings. The van der Waals surface area contributed by atoms with Crippen LogP contribution in [0, 0.1) is 12.7 Å². The number of carbonyl (C=O) groups is 2. The molecule has 7 heteroatoms. The van der Waals surface area contributed by atoms with E-state index >= 15 is 0 Å². The normalized spacial score (nSPS) is 10.5. The van der Waals surface area contributed by atoms with Crippen molar-refractivity contribution >= 4 is 23.6 Å². The minimum atomic E-state index is -0.724. The highest BCUT2D eigenvalue weighted by Crippen LogP contribution is 2.25. The molecular weight excluding hydrogens is 353 g/mol. The molecule has 1 N–H and O–H groups in total. The predicted octanol–water partition coefficient (Wildman–Crippen LogP) is 3.35. The Hall–Kier alpha value is -3.35. The van der Waals surface area contributed by atoms with Crippen LogP contribution >= 0.6 is 0 Å². The van der Waals surface area contributed by atoms with Gasteiger partial charge in [0, 0.05) is 6.08 Å². The summed E-state index contributed by atoms with van der Waals surface area (Å²) in [6, 6.07) is 9.58. The summed E-state index contributed by atoms with van der Waals surface area (Å²) in [7, 11) is 2.86. The fraction of sp³-hybridized carbons (Fsp3) is 0.200. The summed E-state index contributed by atoms with van der Waals surface area (Å²) in [6.07, 6.45) is 2.49. The summed E-state index contributed by atoms with van der Waals surface area (Å²) in [6.45, 7) is 1.42. The number of ether oxygens (including phenoxy) is 3. The van der Waals surface area contributed by atoms with Gasteiger partial charge in [-0.05, 0) is 48.4 Å². The van der Waals surface area contributed by atoms with Crippen LogP contribution < -0.4 is 14.8 Å². The third-order valence-corrected chi connectivity index (χ3v) is 3.56.